The summed E-state index contributed by atoms with van der Waals surface area (Å²) < 4.78 is 5.31. The number of carbonyl (C=O) groups excluding carboxylic acids is 3. The highest BCUT2D eigenvalue weighted by Gasteiger charge is 2.29. The van der Waals surface area contributed by atoms with Gasteiger partial charge >= 0.3 is 5.97 Å². The first-order chi connectivity index (χ1) is 13.3. The maximum Gasteiger partial charge on any atom is 0.329 e. The Bertz CT molecular complexity index is 800. The quantitative estimate of drug-likeness (QED) is 0.660. The molecule has 0 spiro atoms. The first kappa shape index (κ1) is 21.6. The Kier molecular flexibility index (Phi) is 7.75. The maximum absolute atomic E-state index is 12.5. The minimum atomic E-state index is -0.988. The molecule has 1 aromatic heterocycles. The van der Waals surface area contributed by atoms with Gasteiger partial charge in [-0.3, -0.25) is 9.59 Å². The standard InChI is InChI=1S/C21H26N2O4S/c1-5-15-8-10-16(11-9-15)22-19(24)14(4)27-21(26)18(13(2)3)23-20(25)17-7-6-12-28-17/h6-14,18H,5H2,1-4H3,(H,22,24)(H,23,25)/t14-,18-/m1/s1. The molecule has 2 amide bonds. The summed E-state index contributed by atoms with van der Waals surface area (Å²) in [6.45, 7) is 7.17. The highest BCUT2D eigenvalue weighted by atomic mass is 32.1. The number of nitrogens with one attached hydrogen (secondary N) is 2. The van der Waals surface area contributed by atoms with E-state index in [0.717, 1.165) is 6.42 Å². The van der Waals surface area contributed by atoms with Crippen LogP contribution in [0.15, 0.2) is 41.8 Å². The van der Waals surface area contributed by atoms with E-state index in [-0.39, 0.29) is 11.8 Å². The Labute approximate surface area is 169 Å². The predicted molar refractivity (Wildman–Crippen MR) is 110 cm³/mol. The third kappa shape index (κ3) is 5.92. The second-order valence-corrected chi connectivity index (χ2v) is 7.74. The van der Waals surface area contributed by atoms with E-state index in [1.165, 1.54) is 23.8 Å². The van der Waals surface area contributed by atoms with Crippen molar-refractivity contribution in [3.8, 4) is 0 Å². The number of ether oxygens (including phenoxy) is 1. The predicted octanol–water partition coefficient (Wildman–Crippen LogP) is 3.64. The van der Waals surface area contributed by atoms with Gasteiger partial charge in [0.2, 0.25) is 0 Å². The van der Waals surface area contributed by atoms with Gasteiger partial charge in [-0.2, -0.15) is 0 Å². The SMILES string of the molecule is CCc1ccc(NC(=O)[C@@H](C)OC(=O)[C@H](NC(=O)c2cccs2)C(C)C)cc1. The molecule has 150 valence electrons. The number of aryl methyl sites for hydroxylation is 1. The summed E-state index contributed by atoms with van der Waals surface area (Å²) in [4.78, 5) is 37.6. The molecule has 0 saturated heterocycles. The summed E-state index contributed by atoms with van der Waals surface area (Å²) in [7, 11) is 0. The van der Waals surface area contributed by atoms with Crippen LogP contribution in [0.1, 0.15) is 42.9 Å². The van der Waals surface area contributed by atoms with Crippen LogP contribution in [0.2, 0.25) is 0 Å². The van der Waals surface area contributed by atoms with E-state index in [9.17, 15) is 14.4 Å². The van der Waals surface area contributed by atoms with Crippen LogP contribution in [0, 0.1) is 5.92 Å². The minimum absolute atomic E-state index is 0.187. The third-order valence-electron chi connectivity index (χ3n) is 4.24. The van der Waals surface area contributed by atoms with Crippen molar-refractivity contribution in [1.82, 2.24) is 5.32 Å². The summed E-state index contributed by atoms with van der Waals surface area (Å²) in [6.07, 6.45) is -0.0750. The molecule has 0 saturated carbocycles. The van der Waals surface area contributed by atoms with Crippen molar-refractivity contribution in [2.75, 3.05) is 5.32 Å². The van der Waals surface area contributed by atoms with Gasteiger partial charge in [-0.05, 0) is 48.4 Å². The number of thiophene rings is 1. The van der Waals surface area contributed by atoms with Crippen LogP contribution < -0.4 is 10.6 Å². The van der Waals surface area contributed by atoms with Crippen LogP contribution in [-0.2, 0) is 20.7 Å². The topological polar surface area (TPSA) is 84.5 Å². The average Bonchev–Trinajstić information content (AvgIpc) is 3.21. The van der Waals surface area contributed by atoms with E-state index in [2.05, 4.69) is 17.6 Å². The monoisotopic (exact) mass is 402 g/mol. The summed E-state index contributed by atoms with van der Waals surface area (Å²) in [5, 5.41) is 7.21. The first-order valence-electron chi connectivity index (χ1n) is 9.26. The molecule has 2 N–H and O–H groups in total. The zero-order valence-corrected chi connectivity index (χ0v) is 17.3. The lowest BCUT2D eigenvalue weighted by atomic mass is 10.0. The Balaban J connectivity index is 1.95. The van der Waals surface area contributed by atoms with Crippen LogP contribution in [-0.4, -0.2) is 29.9 Å². The van der Waals surface area contributed by atoms with Crippen LogP contribution >= 0.6 is 11.3 Å². The van der Waals surface area contributed by atoms with E-state index in [4.69, 9.17) is 4.74 Å². The van der Waals surface area contributed by atoms with E-state index < -0.39 is 24.0 Å². The van der Waals surface area contributed by atoms with E-state index in [0.29, 0.717) is 10.6 Å². The van der Waals surface area contributed by atoms with Gasteiger partial charge in [0.05, 0.1) is 4.88 Å². The van der Waals surface area contributed by atoms with Crippen molar-refractivity contribution in [2.24, 2.45) is 5.92 Å². The smallest absolute Gasteiger partial charge is 0.329 e. The number of rotatable bonds is 8. The highest BCUT2D eigenvalue weighted by Crippen LogP contribution is 2.13. The van der Waals surface area contributed by atoms with Crippen molar-refractivity contribution < 1.29 is 19.1 Å². The summed E-state index contributed by atoms with van der Waals surface area (Å²) in [5.74, 6) is -1.58. The molecule has 1 heterocycles. The molecule has 1 aromatic carbocycles. The Morgan fingerprint density at radius 3 is 2.29 bits per heavy atom. The largest absolute Gasteiger partial charge is 0.451 e. The van der Waals surface area contributed by atoms with Gasteiger partial charge in [0, 0.05) is 5.69 Å². The second kappa shape index (κ2) is 10.0. The van der Waals surface area contributed by atoms with Gasteiger partial charge in [-0.25, -0.2) is 4.79 Å². The molecular formula is C21H26N2O4S. The molecule has 0 bridgehead atoms. The molecule has 0 aliphatic carbocycles. The Morgan fingerprint density at radius 1 is 1.07 bits per heavy atom. The second-order valence-electron chi connectivity index (χ2n) is 6.79. The molecule has 6 nitrogen and oxygen atoms in total. The van der Waals surface area contributed by atoms with Gasteiger partial charge in [-0.15, -0.1) is 11.3 Å². The molecule has 0 fully saturated rings. The zero-order valence-electron chi connectivity index (χ0n) is 16.5. The molecule has 0 aliphatic heterocycles. The number of esters is 1. The summed E-state index contributed by atoms with van der Waals surface area (Å²) >= 11 is 1.29. The Hall–Kier alpha value is -2.67. The van der Waals surface area contributed by atoms with Crippen molar-refractivity contribution in [3.05, 3.63) is 52.2 Å². The van der Waals surface area contributed by atoms with Gasteiger partial charge < -0.3 is 15.4 Å². The first-order valence-corrected chi connectivity index (χ1v) is 10.1. The molecule has 0 unspecified atom stereocenters. The molecule has 7 heteroatoms. The van der Waals surface area contributed by atoms with Crippen LogP contribution in [0.4, 0.5) is 5.69 Å². The summed E-state index contributed by atoms with van der Waals surface area (Å²) in [6, 6.07) is 10.1. The fourth-order valence-corrected chi connectivity index (χ4v) is 3.11. The van der Waals surface area contributed by atoms with Crippen molar-refractivity contribution >= 4 is 34.8 Å². The zero-order chi connectivity index (χ0) is 20.7. The molecule has 28 heavy (non-hydrogen) atoms. The van der Waals surface area contributed by atoms with Crippen LogP contribution in [0.25, 0.3) is 0 Å². The van der Waals surface area contributed by atoms with Crippen molar-refractivity contribution in [3.63, 3.8) is 0 Å². The molecule has 2 rings (SSSR count). The number of benzene rings is 1. The van der Waals surface area contributed by atoms with Crippen LogP contribution in [0.3, 0.4) is 0 Å². The normalized spacial score (nSPS) is 12.9. The van der Waals surface area contributed by atoms with E-state index in [1.54, 1.807) is 31.4 Å². The van der Waals surface area contributed by atoms with Gasteiger partial charge in [0.25, 0.3) is 11.8 Å². The van der Waals surface area contributed by atoms with Gasteiger partial charge in [0.1, 0.15) is 6.04 Å². The fraction of sp³-hybridized carbons (Fsp3) is 0.381. The summed E-state index contributed by atoms with van der Waals surface area (Å²) in [5.41, 5.74) is 1.80. The molecular weight excluding hydrogens is 376 g/mol. The van der Waals surface area contributed by atoms with Gasteiger partial charge in [0.15, 0.2) is 6.10 Å². The van der Waals surface area contributed by atoms with Gasteiger partial charge in [-0.1, -0.05) is 39.0 Å². The molecule has 2 aromatic rings. The number of hydrogen-bond donors (Lipinski definition) is 2. The molecule has 0 aliphatic rings. The average molecular weight is 403 g/mol. The maximum atomic E-state index is 12.5. The number of anilines is 1. The van der Waals surface area contributed by atoms with Crippen molar-refractivity contribution in [1.29, 1.82) is 0 Å². The number of hydrogen-bond acceptors (Lipinski definition) is 5. The molecule has 2 atom stereocenters. The van der Waals surface area contributed by atoms with E-state index in [1.807, 2.05) is 24.3 Å². The number of amides is 2. The minimum Gasteiger partial charge on any atom is -0.451 e. The fourth-order valence-electron chi connectivity index (χ4n) is 2.49. The third-order valence-corrected chi connectivity index (χ3v) is 5.11. The highest BCUT2D eigenvalue weighted by molar-refractivity contribution is 7.12. The lowest BCUT2D eigenvalue weighted by molar-refractivity contribution is -0.156. The van der Waals surface area contributed by atoms with Crippen molar-refractivity contribution in [2.45, 2.75) is 46.3 Å². The van der Waals surface area contributed by atoms with E-state index >= 15 is 0 Å². The lowest BCUT2D eigenvalue weighted by Crippen LogP contribution is -2.47. The lowest BCUT2D eigenvalue weighted by Gasteiger charge is -2.22. The van der Waals surface area contributed by atoms with Crippen LogP contribution in [0.5, 0.6) is 0 Å². The Morgan fingerprint density at radius 2 is 1.75 bits per heavy atom. The molecule has 0 radical (unpaired) electrons. The number of carbonyl (C=O) groups is 3.